The summed E-state index contributed by atoms with van der Waals surface area (Å²) in [6, 6.07) is 0. The van der Waals surface area contributed by atoms with Crippen LogP contribution in [0.25, 0.3) is 0 Å². The Labute approximate surface area is 71.8 Å². The van der Waals surface area contributed by atoms with Crippen molar-refractivity contribution >= 4 is 34.5 Å². The summed E-state index contributed by atoms with van der Waals surface area (Å²) in [5, 5.41) is 0. The molecule has 0 bridgehead atoms. The standard InChI is InChI=1S/C6H4IN3/c7-6-5-4(1-2-8-5)9-3-10-6/h2-3H,1H2. The Morgan fingerprint density at radius 1 is 1.40 bits per heavy atom. The summed E-state index contributed by atoms with van der Waals surface area (Å²) in [5.41, 5.74) is 1.99. The van der Waals surface area contributed by atoms with Gasteiger partial charge in [-0.05, 0) is 22.6 Å². The molecule has 1 aromatic rings. The number of hydrogen-bond donors (Lipinski definition) is 0. The van der Waals surface area contributed by atoms with Crippen molar-refractivity contribution in [1.82, 2.24) is 9.97 Å². The molecular formula is C6H4IN3. The number of fused-ring (bicyclic) bond motifs is 1. The summed E-state index contributed by atoms with van der Waals surface area (Å²) in [7, 11) is 0. The molecule has 10 heavy (non-hydrogen) atoms. The van der Waals surface area contributed by atoms with Crippen LogP contribution in [0.2, 0.25) is 0 Å². The van der Waals surface area contributed by atoms with Crippen LogP contribution in [-0.4, -0.2) is 16.2 Å². The van der Waals surface area contributed by atoms with Gasteiger partial charge in [0.25, 0.3) is 0 Å². The molecule has 0 spiro atoms. The predicted molar refractivity (Wildman–Crippen MR) is 46.6 cm³/mol. The van der Waals surface area contributed by atoms with Gasteiger partial charge >= 0.3 is 0 Å². The van der Waals surface area contributed by atoms with Gasteiger partial charge in [0.1, 0.15) is 15.7 Å². The molecule has 2 rings (SSSR count). The highest BCUT2D eigenvalue weighted by Gasteiger charge is 2.10. The van der Waals surface area contributed by atoms with Crippen LogP contribution in [0.15, 0.2) is 11.3 Å². The lowest BCUT2D eigenvalue weighted by Gasteiger charge is -1.94. The number of halogens is 1. The zero-order valence-electron chi connectivity index (χ0n) is 5.08. The van der Waals surface area contributed by atoms with Gasteiger partial charge in [-0.15, -0.1) is 0 Å². The van der Waals surface area contributed by atoms with Gasteiger partial charge in [-0.3, -0.25) is 4.99 Å². The van der Waals surface area contributed by atoms with E-state index in [1.165, 1.54) is 0 Å². The molecule has 0 atom stereocenters. The predicted octanol–water partition coefficient (Wildman–Crippen LogP) is 1.34. The van der Waals surface area contributed by atoms with Crippen LogP contribution in [-0.2, 0) is 6.42 Å². The van der Waals surface area contributed by atoms with Crippen LogP contribution < -0.4 is 0 Å². The lowest BCUT2D eigenvalue weighted by atomic mass is 10.3. The van der Waals surface area contributed by atoms with Crippen LogP contribution in [0, 0.1) is 3.70 Å². The maximum Gasteiger partial charge on any atom is 0.130 e. The van der Waals surface area contributed by atoms with Crippen LogP contribution in [0.1, 0.15) is 5.69 Å². The fourth-order valence-electron chi connectivity index (χ4n) is 0.891. The summed E-state index contributed by atoms with van der Waals surface area (Å²) < 4.78 is 0.941. The van der Waals surface area contributed by atoms with E-state index in [0.717, 1.165) is 21.5 Å². The Kier molecular flexibility index (Phi) is 1.40. The number of nitrogens with zero attached hydrogens (tertiary/aromatic N) is 3. The quantitative estimate of drug-likeness (QED) is 0.511. The molecule has 1 aromatic heterocycles. The van der Waals surface area contributed by atoms with Gasteiger partial charge in [0.05, 0.1) is 5.69 Å². The van der Waals surface area contributed by atoms with Gasteiger partial charge in [0.2, 0.25) is 0 Å². The molecule has 0 N–H and O–H groups in total. The fraction of sp³-hybridized carbons (Fsp3) is 0.167. The number of aromatic nitrogens is 2. The molecule has 0 saturated heterocycles. The highest BCUT2D eigenvalue weighted by atomic mass is 127. The van der Waals surface area contributed by atoms with E-state index in [4.69, 9.17) is 0 Å². The molecular weight excluding hydrogens is 241 g/mol. The highest BCUT2D eigenvalue weighted by molar-refractivity contribution is 14.1. The Morgan fingerprint density at radius 2 is 2.30 bits per heavy atom. The third kappa shape index (κ3) is 0.828. The first-order valence-electron chi connectivity index (χ1n) is 2.90. The van der Waals surface area contributed by atoms with Gasteiger partial charge in [-0.1, -0.05) is 0 Å². The third-order valence-corrected chi connectivity index (χ3v) is 2.15. The van der Waals surface area contributed by atoms with Crippen molar-refractivity contribution in [2.24, 2.45) is 4.99 Å². The van der Waals surface area contributed by atoms with Crippen molar-refractivity contribution in [2.75, 3.05) is 0 Å². The highest BCUT2D eigenvalue weighted by Crippen LogP contribution is 2.25. The maximum absolute atomic E-state index is 4.14. The number of aliphatic imine (C=N–C) groups is 1. The van der Waals surface area contributed by atoms with E-state index in [0.29, 0.717) is 0 Å². The molecule has 3 nitrogen and oxygen atoms in total. The number of hydrogen-bond acceptors (Lipinski definition) is 3. The van der Waals surface area contributed by atoms with E-state index in [1.807, 2.05) is 6.21 Å². The average molecular weight is 245 g/mol. The van der Waals surface area contributed by atoms with Crippen molar-refractivity contribution in [2.45, 2.75) is 6.42 Å². The van der Waals surface area contributed by atoms with Crippen molar-refractivity contribution in [3.8, 4) is 0 Å². The summed E-state index contributed by atoms with van der Waals surface area (Å²) in [6.07, 6.45) is 4.30. The molecule has 0 radical (unpaired) electrons. The van der Waals surface area contributed by atoms with Gasteiger partial charge in [0, 0.05) is 12.6 Å². The SMILES string of the molecule is Ic1ncnc2c1N=CC2. The molecule has 1 aliphatic rings. The Hall–Kier alpha value is -0.520. The summed E-state index contributed by atoms with van der Waals surface area (Å²) >= 11 is 2.16. The first-order chi connectivity index (χ1) is 4.88. The van der Waals surface area contributed by atoms with Gasteiger partial charge in [-0.25, -0.2) is 9.97 Å². The van der Waals surface area contributed by atoms with Gasteiger partial charge in [-0.2, -0.15) is 0 Å². The van der Waals surface area contributed by atoms with Crippen LogP contribution in [0.4, 0.5) is 5.69 Å². The van der Waals surface area contributed by atoms with E-state index in [9.17, 15) is 0 Å². The van der Waals surface area contributed by atoms with Crippen molar-refractivity contribution in [3.63, 3.8) is 0 Å². The van der Waals surface area contributed by atoms with Crippen LogP contribution in [0.5, 0.6) is 0 Å². The summed E-state index contributed by atoms with van der Waals surface area (Å²) in [5.74, 6) is 0. The Bertz CT molecular complexity index is 295. The number of rotatable bonds is 0. The normalized spacial score (nSPS) is 13.7. The Morgan fingerprint density at radius 3 is 3.10 bits per heavy atom. The molecule has 2 heterocycles. The summed E-state index contributed by atoms with van der Waals surface area (Å²) in [6.45, 7) is 0. The minimum atomic E-state index is 0.855. The monoisotopic (exact) mass is 245 g/mol. The second-order valence-electron chi connectivity index (χ2n) is 1.98. The lowest BCUT2D eigenvalue weighted by Crippen LogP contribution is -1.89. The molecule has 0 aromatic carbocycles. The average Bonchev–Trinajstić information content (AvgIpc) is 2.36. The van der Waals surface area contributed by atoms with E-state index >= 15 is 0 Å². The molecule has 0 aliphatic carbocycles. The minimum absolute atomic E-state index is 0.855. The molecule has 0 unspecified atom stereocenters. The third-order valence-electron chi connectivity index (χ3n) is 1.36. The van der Waals surface area contributed by atoms with Crippen LogP contribution in [0.3, 0.4) is 0 Å². The molecule has 1 aliphatic heterocycles. The second-order valence-corrected chi connectivity index (χ2v) is 3.00. The van der Waals surface area contributed by atoms with Crippen molar-refractivity contribution in [1.29, 1.82) is 0 Å². The molecule has 0 amide bonds. The van der Waals surface area contributed by atoms with Crippen molar-refractivity contribution < 1.29 is 0 Å². The Balaban J connectivity index is 2.67. The lowest BCUT2D eigenvalue weighted by molar-refractivity contribution is 1.07. The van der Waals surface area contributed by atoms with E-state index < -0.39 is 0 Å². The molecule has 50 valence electrons. The molecule has 0 fully saturated rings. The van der Waals surface area contributed by atoms with E-state index in [1.54, 1.807) is 6.33 Å². The zero-order chi connectivity index (χ0) is 6.97. The fourth-order valence-corrected chi connectivity index (χ4v) is 1.47. The second kappa shape index (κ2) is 2.26. The molecule has 4 heteroatoms. The largest absolute Gasteiger partial charge is 0.256 e. The minimum Gasteiger partial charge on any atom is -0.256 e. The van der Waals surface area contributed by atoms with Crippen LogP contribution >= 0.6 is 22.6 Å². The molecule has 0 saturated carbocycles. The zero-order valence-corrected chi connectivity index (χ0v) is 7.24. The van der Waals surface area contributed by atoms with Crippen molar-refractivity contribution in [3.05, 3.63) is 15.7 Å². The topological polar surface area (TPSA) is 38.1 Å². The van der Waals surface area contributed by atoms with Gasteiger partial charge < -0.3 is 0 Å². The smallest absolute Gasteiger partial charge is 0.130 e. The first-order valence-corrected chi connectivity index (χ1v) is 3.97. The van der Waals surface area contributed by atoms with Gasteiger partial charge in [0.15, 0.2) is 0 Å². The summed E-state index contributed by atoms with van der Waals surface area (Å²) in [4.78, 5) is 12.2. The first kappa shape index (κ1) is 6.21. The maximum atomic E-state index is 4.14. The van der Waals surface area contributed by atoms with E-state index in [2.05, 4.69) is 37.6 Å². The van der Waals surface area contributed by atoms with E-state index in [-0.39, 0.29) is 0 Å².